The third-order valence-electron chi connectivity index (χ3n) is 8.40. The summed E-state index contributed by atoms with van der Waals surface area (Å²) in [5.41, 5.74) is 10.7. The zero-order valence-corrected chi connectivity index (χ0v) is 28.3. The molecular formula is C43H41N3S. The number of benzene rings is 4. The van der Waals surface area contributed by atoms with Crippen molar-refractivity contribution in [1.82, 2.24) is 9.97 Å². The number of hydrogen-bond acceptors (Lipinski definition) is 4. The predicted molar refractivity (Wildman–Crippen MR) is 203 cm³/mol. The zero-order chi connectivity index (χ0) is 32.6. The molecule has 4 heteroatoms. The second-order valence-electron chi connectivity index (χ2n) is 11.7. The van der Waals surface area contributed by atoms with Crippen LogP contribution in [0.4, 0.5) is 11.4 Å². The second kappa shape index (κ2) is 15.1. The first-order valence-corrected chi connectivity index (χ1v) is 17.4. The lowest BCUT2D eigenvalue weighted by atomic mass is 10.0. The molecule has 1 aliphatic heterocycles. The van der Waals surface area contributed by atoms with Crippen molar-refractivity contribution in [3.63, 3.8) is 0 Å². The Bertz CT molecular complexity index is 1940. The van der Waals surface area contributed by atoms with Crippen molar-refractivity contribution >= 4 is 34.3 Å². The standard InChI is InChI=1S/C43H41N3S/c1-5-7-17-33(6-2)43-44-39(34-18-9-8-10-19-34)29-40(45-43)35-25-27-37(28-26-35)46-32(4)30-47-42-24-14-11-20-36(42)21-15-16-31(3)38-22-12-13-23-41(38)46/h6-20,22-29,32H,3,5,21,30H2,1-2,4H3/b16-15-,17-7-,33-6+. The maximum Gasteiger partial charge on any atom is 0.160 e. The number of para-hydroxylation sites is 1. The highest BCUT2D eigenvalue weighted by atomic mass is 32.2. The maximum atomic E-state index is 5.08. The third-order valence-corrected chi connectivity index (χ3v) is 9.76. The lowest BCUT2D eigenvalue weighted by Gasteiger charge is -2.33. The molecule has 5 aromatic rings. The summed E-state index contributed by atoms with van der Waals surface area (Å²) < 4.78 is 0. The smallest absolute Gasteiger partial charge is 0.160 e. The van der Waals surface area contributed by atoms with E-state index in [0.717, 1.165) is 75.0 Å². The monoisotopic (exact) mass is 631 g/mol. The Morgan fingerprint density at radius 3 is 2.30 bits per heavy atom. The van der Waals surface area contributed by atoms with Crippen LogP contribution >= 0.6 is 11.8 Å². The van der Waals surface area contributed by atoms with Crippen LogP contribution in [0.3, 0.4) is 0 Å². The first-order valence-electron chi connectivity index (χ1n) is 16.4. The fraction of sp³-hybridized carbons (Fsp3) is 0.163. The van der Waals surface area contributed by atoms with Crippen LogP contribution in [-0.4, -0.2) is 21.8 Å². The highest BCUT2D eigenvalue weighted by Gasteiger charge is 2.22. The number of aromatic nitrogens is 2. The number of anilines is 2. The Morgan fingerprint density at radius 1 is 0.872 bits per heavy atom. The second-order valence-corrected chi connectivity index (χ2v) is 12.8. The Hall–Kier alpha value is -4.93. The van der Waals surface area contributed by atoms with E-state index in [1.807, 2.05) is 24.8 Å². The largest absolute Gasteiger partial charge is 0.337 e. The van der Waals surface area contributed by atoms with Gasteiger partial charge in [-0.05, 0) is 68.2 Å². The van der Waals surface area contributed by atoms with Crippen LogP contribution in [-0.2, 0) is 6.42 Å². The molecule has 0 saturated carbocycles. The normalized spacial score (nSPS) is 16.2. The summed E-state index contributed by atoms with van der Waals surface area (Å²) in [5, 5.41) is 0. The van der Waals surface area contributed by atoms with Crippen LogP contribution in [0, 0.1) is 0 Å². The molecule has 0 fully saturated rings. The van der Waals surface area contributed by atoms with Crippen molar-refractivity contribution in [2.75, 3.05) is 10.7 Å². The van der Waals surface area contributed by atoms with Crippen molar-refractivity contribution in [2.45, 2.75) is 44.6 Å². The van der Waals surface area contributed by atoms with Gasteiger partial charge in [-0.15, -0.1) is 11.8 Å². The van der Waals surface area contributed by atoms with Gasteiger partial charge in [-0.3, -0.25) is 0 Å². The third kappa shape index (κ3) is 7.40. The number of fused-ring (bicyclic) bond motifs is 2. The van der Waals surface area contributed by atoms with Crippen LogP contribution in [0.2, 0.25) is 0 Å². The molecule has 6 rings (SSSR count). The van der Waals surface area contributed by atoms with Gasteiger partial charge in [0.05, 0.1) is 11.4 Å². The van der Waals surface area contributed by atoms with Gasteiger partial charge in [0.15, 0.2) is 5.82 Å². The Morgan fingerprint density at radius 2 is 1.55 bits per heavy atom. The summed E-state index contributed by atoms with van der Waals surface area (Å²) in [7, 11) is 0. The Labute approximate surface area is 284 Å². The van der Waals surface area contributed by atoms with Gasteiger partial charge in [0.25, 0.3) is 0 Å². The van der Waals surface area contributed by atoms with E-state index < -0.39 is 0 Å². The zero-order valence-electron chi connectivity index (χ0n) is 27.4. The molecule has 47 heavy (non-hydrogen) atoms. The molecule has 1 aliphatic rings. The number of allylic oxidation sites excluding steroid dienone is 7. The fourth-order valence-electron chi connectivity index (χ4n) is 5.92. The summed E-state index contributed by atoms with van der Waals surface area (Å²) >= 11 is 1.93. The molecule has 1 atom stereocenters. The van der Waals surface area contributed by atoms with Gasteiger partial charge >= 0.3 is 0 Å². The van der Waals surface area contributed by atoms with E-state index in [9.17, 15) is 0 Å². The van der Waals surface area contributed by atoms with E-state index in [0.29, 0.717) is 0 Å². The van der Waals surface area contributed by atoms with Crippen LogP contribution < -0.4 is 4.90 Å². The molecule has 3 nitrogen and oxygen atoms in total. The Balaban J connectivity index is 1.42. The molecule has 4 aromatic carbocycles. The molecular weight excluding hydrogens is 591 g/mol. The van der Waals surface area contributed by atoms with Crippen LogP contribution in [0.5, 0.6) is 0 Å². The van der Waals surface area contributed by atoms with Crippen molar-refractivity contribution in [2.24, 2.45) is 0 Å². The summed E-state index contributed by atoms with van der Waals surface area (Å²) in [6, 6.07) is 38.9. The first-order chi connectivity index (χ1) is 23.1. The topological polar surface area (TPSA) is 29.0 Å². The van der Waals surface area contributed by atoms with Crippen LogP contribution in [0.15, 0.2) is 151 Å². The Kier molecular flexibility index (Phi) is 10.3. The SMILES string of the molecule is C=C1/C=C\Cc2ccccc2SCC(C)N(c2ccc(-c3cc(-c4ccccc4)nc(C(/C=C\CC)=C/C)n3)cc2)c2ccccc21. The van der Waals surface area contributed by atoms with E-state index in [-0.39, 0.29) is 6.04 Å². The summed E-state index contributed by atoms with van der Waals surface area (Å²) in [6.45, 7) is 11.0. The van der Waals surface area contributed by atoms with Crippen molar-refractivity contribution in [3.8, 4) is 22.5 Å². The molecule has 0 saturated heterocycles. The molecule has 0 aliphatic carbocycles. The highest BCUT2D eigenvalue weighted by Crippen LogP contribution is 2.38. The number of nitrogens with zero attached hydrogens (tertiary/aromatic N) is 3. The van der Waals surface area contributed by atoms with Crippen LogP contribution in [0.1, 0.15) is 44.1 Å². The molecule has 2 heterocycles. The molecule has 0 spiro atoms. The van der Waals surface area contributed by atoms with E-state index >= 15 is 0 Å². The highest BCUT2D eigenvalue weighted by molar-refractivity contribution is 7.99. The van der Waals surface area contributed by atoms with E-state index in [1.165, 1.54) is 10.5 Å². The number of rotatable bonds is 6. The first kappa shape index (κ1) is 32.0. The van der Waals surface area contributed by atoms with E-state index in [4.69, 9.17) is 9.97 Å². The van der Waals surface area contributed by atoms with Gasteiger partial charge in [-0.2, -0.15) is 0 Å². The summed E-state index contributed by atoms with van der Waals surface area (Å²) in [6.07, 6.45) is 12.6. The van der Waals surface area contributed by atoms with Gasteiger partial charge in [-0.25, -0.2) is 9.97 Å². The fourth-order valence-corrected chi connectivity index (χ4v) is 7.00. The van der Waals surface area contributed by atoms with Crippen molar-refractivity contribution < 1.29 is 0 Å². The minimum Gasteiger partial charge on any atom is -0.337 e. The van der Waals surface area contributed by atoms with Gasteiger partial charge < -0.3 is 4.90 Å². The van der Waals surface area contributed by atoms with Gasteiger partial charge in [-0.1, -0.05) is 123 Å². The molecule has 234 valence electrons. The van der Waals surface area contributed by atoms with Crippen molar-refractivity contribution in [3.05, 3.63) is 163 Å². The van der Waals surface area contributed by atoms with Gasteiger partial charge in [0.2, 0.25) is 0 Å². The maximum absolute atomic E-state index is 5.08. The lowest BCUT2D eigenvalue weighted by Crippen LogP contribution is -2.31. The average molecular weight is 632 g/mol. The molecule has 0 bridgehead atoms. The molecule has 1 aromatic heterocycles. The molecule has 1 unspecified atom stereocenters. The van der Waals surface area contributed by atoms with Gasteiger partial charge in [0.1, 0.15) is 0 Å². The minimum absolute atomic E-state index is 0.217. The molecule has 0 N–H and O–H groups in total. The van der Waals surface area contributed by atoms with E-state index in [2.05, 4.69) is 159 Å². The summed E-state index contributed by atoms with van der Waals surface area (Å²) in [4.78, 5) is 13.9. The lowest BCUT2D eigenvalue weighted by molar-refractivity contribution is 0.798. The van der Waals surface area contributed by atoms with Gasteiger partial charge in [0, 0.05) is 50.3 Å². The number of hydrogen-bond donors (Lipinski definition) is 0. The van der Waals surface area contributed by atoms with E-state index in [1.54, 1.807) is 0 Å². The van der Waals surface area contributed by atoms with Crippen molar-refractivity contribution in [1.29, 1.82) is 0 Å². The van der Waals surface area contributed by atoms with Crippen LogP contribution in [0.25, 0.3) is 33.7 Å². The minimum atomic E-state index is 0.217. The quantitative estimate of drug-likeness (QED) is 0.174. The number of thioether (sulfide) groups is 1. The average Bonchev–Trinajstić information content (AvgIpc) is 3.12. The molecule has 0 amide bonds. The predicted octanol–water partition coefficient (Wildman–Crippen LogP) is 11.6. The molecule has 0 radical (unpaired) electrons. The summed E-state index contributed by atoms with van der Waals surface area (Å²) in [5.74, 6) is 1.67.